The topological polar surface area (TPSA) is 90.1 Å². The molecule has 128 valence electrons. The standard InChI is InChI=1S/C17H15FN4O3/c1-10-21-16(25-22-10)13-4-3-7-19-15(13)20-9-12-8-11(17(23)24-2)5-6-14(12)18/h3-8H,9H2,1-2H3,(H,19,20). The first-order valence-electron chi connectivity index (χ1n) is 7.45. The van der Waals surface area contributed by atoms with Crippen LogP contribution in [0.2, 0.25) is 0 Å². The molecule has 0 aliphatic carbocycles. The molecule has 0 amide bonds. The maximum Gasteiger partial charge on any atom is 0.337 e. The molecule has 8 heteroatoms. The molecule has 1 aromatic carbocycles. The maximum absolute atomic E-state index is 14.0. The lowest BCUT2D eigenvalue weighted by Crippen LogP contribution is -2.08. The number of hydrogen-bond acceptors (Lipinski definition) is 7. The average molecular weight is 342 g/mol. The summed E-state index contributed by atoms with van der Waals surface area (Å²) < 4.78 is 23.8. The van der Waals surface area contributed by atoms with Crippen molar-refractivity contribution in [3.63, 3.8) is 0 Å². The second-order valence-electron chi connectivity index (χ2n) is 5.20. The van der Waals surface area contributed by atoms with E-state index in [1.807, 2.05) is 0 Å². The monoisotopic (exact) mass is 342 g/mol. The largest absolute Gasteiger partial charge is 0.465 e. The second kappa shape index (κ2) is 7.08. The summed E-state index contributed by atoms with van der Waals surface area (Å²) in [7, 11) is 1.27. The highest BCUT2D eigenvalue weighted by Crippen LogP contribution is 2.25. The third kappa shape index (κ3) is 3.63. The third-order valence-corrected chi connectivity index (χ3v) is 3.48. The summed E-state index contributed by atoms with van der Waals surface area (Å²) in [6.45, 7) is 1.83. The zero-order valence-corrected chi connectivity index (χ0v) is 13.6. The summed E-state index contributed by atoms with van der Waals surface area (Å²) in [5.41, 5.74) is 1.18. The summed E-state index contributed by atoms with van der Waals surface area (Å²) in [5.74, 6) is 0.319. The number of rotatable bonds is 5. The van der Waals surface area contributed by atoms with Crippen LogP contribution in [-0.2, 0) is 11.3 Å². The summed E-state index contributed by atoms with van der Waals surface area (Å²) in [4.78, 5) is 20.0. The van der Waals surface area contributed by atoms with E-state index in [2.05, 4.69) is 25.2 Å². The molecule has 0 radical (unpaired) electrons. The van der Waals surface area contributed by atoms with Gasteiger partial charge in [-0.3, -0.25) is 0 Å². The molecule has 0 aliphatic rings. The number of esters is 1. The summed E-state index contributed by atoms with van der Waals surface area (Å²) in [5, 5.41) is 6.79. The first kappa shape index (κ1) is 16.6. The van der Waals surface area contributed by atoms with Crippen molar-refractivity contribution >= 4 is 11.8 Å². The van der Waals surface area contributed by atoms with Crippen molar-refractivity contribution < 1.29 is 18.4 Å². The fourth-order valence-corrected chi connectivity index (χ4v) is 2.26. The van der Waals surface area contributed by atoms with E-state index in [1.165, 1.54) is 25.3 Å². The molecule has 25 heavy (non-hydrogen) atoms. The minimum absolute atomic E-state index is 0.119. The molecule has 1 N–H and O–H groups in total. The zero-order chi connectivity index (χ0) is 17.8. The fourth-order valence-electron chi connectivity index (χ4n) is 2.26. The summed E-state index contributed by atoms with van der Waals surface area (Å²) in [6, 6.07) is 7.54. The molecule has 7 nitrogen and oxygen atoms in total. The zero-order valence-electron chi connectivity index (χ0n) is 13.6. The van der Waals surface area contributed by atoms with E-state index in [0.717, 1.165) is 0 Å². The second-order valence-corrected chi connectivity index (χ2v) is 5.20. The molecule has 0 bridgehead atoms. The Morgan fingerprint density at radius 3 is 2.92 bits per heavy atom. The van der Waals surface area contributed by atoms with Gasteiger partial charge in [-0.2, -0.15) is 4.98 Å². The van der Waals surface area contributed by atoms with Gasteiger partial charge in [0.1, 0.15) is 11.6 Å². The Bertz CT molecular complexity index is 910. The molecule has 3 rings (SSSR count). The Balaban J connectivity index is 1.84. The number of halogens is 1. The van der Waals surface area contributed by atoms with E-state index in [0.29, 0.717) is 28.7 Å². The first-order chi connectivity index (χ1) is 12.1. The average Bonchev–Trinajstić information content (AvgIpc) is 3.07. The van der Waals surface area contributed by atoms with Crippen molar-refractivity contribution in [2.75, 3.05) is 12.4 Å². The molecule has 2 aromatic heterocycles. The number of aryl methyl sites for hydroxylation is 1. The molecule has 3 aromatic rings. The normalized spacial score (nSPS) is 10.5. The lowest BCUT2D eigenvalue weighted by molar-refractivity contribution is 0.0600. The van der Waals surface area contributed by atoms with E-state index in [-0.39, 0.29) is 12.1 Å². The highest BCUT2D eigenvalue weighted by Gasteiger charge is 2.14. The van der Waals surface area contributed by atoms with Gasteiger partial charge in [-0.1, -0.05) is 5.16 Å². The van der Waals surface area contributed by atoms with Crippen molar-refractivity contribution in [3.8, 4) is 11.5 Å². The van der Waals surface area contributed by atoms with Crippen LogP contribution in [0.1, 0.15) is 21.7 Å². The quantitative estimate of drug-likeness (QED) is 0.713. The Labute approximate surface area is 142 Å². The maximum atomic E-state index is 14.0. The molecule has 0 spiro atoms. The Hall–Kier alpha value is -3.29. The van der Waals surface area contributed by atoms with Gasteiger partial charge in [0.05, 0.1) is 18.2 Å². The molecule has 0 saturated heterocycles. The molecule has 0 unspecified atom stereocenters. The number of anilines is 1. The van der Waals surface area contributed by atoms with Gasteiger partial charge < -0.3 is 14.6 Å². The van der Waals surface area contributed by atoms with Gasteiger partial charge in [0, 0.05) is 18.3 Å². The van der Waals surface area contributed by atoms with Crippen molar-refractivity contribution in [3.05, 3.63) is 59.3 Å². The Morgan fingerprint density at radius 2 is 2.20 bits per heavy atom. The van der Waals surface area contributed by atoms with Gasteiger partial charge in [-0.05, 0) is 37.3 Å². The number of hydrogen-bond donors (Lipinski definition) is 1. The SMILES string of the molecule is COC(=O)c1ccc(F)c(CNc2ncccc2-c2nc(C)no2)c1. The van der Waals surface area contributed by atoms with Crippen molar-refractivity contribution in [1.29, 1.82) is 0 Å². The van der Waals surface area contributed by atoms with E-state index in [1.54, 1.807) is 25.3 Å². The fraction of sp³-hybridized carbons (Fsp3) is 0.176. The van der Waals surface area contributed by atoms with Crippen LogP contribution in [0.5, 0.6) is 0 Å². The minimum atomic E-state index is -0.527. The van der Waals surface area contributed by atoms with Crippen molar-refractivity contribution in [1.82, 2.24) is 15.1 Å². The number of carbonyl (C=O) groups is 1. The predicted molar refractivity (Wildman–Crippen MR) is 87.3 cm³/mol. The van der Waals surface area contributed by atoms with Crippen molar-refractivity contribution in [2.24, 2.45) is 0 Å². The molecule has 2 heterocycles. The summed E-state index contributed by atoms with van der Waals surface area (Å²) in [6.07, 6.45) is 1.59. The van der Waals surface area contributed by atoms with Gasteiger partial charge in [0.25, 0.3) is 5.89 Å². The van der Waals surface area contributed by atoms with Gasteiger partial charge in [-0.15, -0.1) is 0 Å². The predicted octanol–water partition coefficient (Wildman–Crippen LogP) is 2.98. The van der Waals surface area contributed by atoms with Crippen LogP contribution in [0.25, 0.3) is 11.5 Å². The van der Waals surface area contributed by atoms with Gasteiger partial charge in [0.2, 0.25) is 0 Å². The number of benzene rings is 1. The number of pyridine rings is 1. The number of ether oxygens (including phenoxy) is 1. The number of nitrogens with one attached hydrogen (secondary N) is 1. The Kier molecular flexibility index (Phi) is 4.69. The van der Waals surface area contributed by atoms with Crippen LogP contribution < -0.4 is 5.32 Å². The molecule has 0 saturated carbocycles. The van der Waals surface area contributed by atoms with Crippen LogP contribution in [-0.4, -0.2) is 28.2 Å². The number of methoxy groups -OCH3 is 1. The molecule has 0 atom stereocenters. The smallest absolute Gasteiger partial charge is 0.337 e. The Morgan fingerprint density at radius 1 is 1.36 bits per heavy atom. The molecule has 0 aliphatic heterocycles. The lowest BCUT2D eigenvalue weighted by Gasteiger charge is -2.10. The van der Waals surface area contributed by atoms with Gasteiger partial charge in [-0.25, -0.2) is 14.2 Å². The van der Waals surface area contributed by atoms with Crippen LogP contribution in [0, 0.1) is 12.7 Å². The molecular formula is C17H15FN4O3. The van der Waals surface area contributed by atoms with E-state index in [9.17, 15) is 9.18 Å². The number of carbonyl (C=O) groups excluding carboxylic acids is 1. The molecular weight excluding hydrogens is 327 g/mol. The minimum Gasteiger partial charge on any atom is -0.465 e. The highest BCUT2D eigenvalue weighted by atomic mass is 19.1. The first-order valence-corrected chi connectivity index (χ1v) is 7.45. The van der Waals surface area contributed by atoms with E-state index in [4.69, 9.17) is 4.52 Å². The van der Waals surface area contributed by atoms with Gasteiger partial charge >= 0.3 is 5.97 Å². The number of aromatic nitrogens is 3. The lowest BCUT2D eigenvalue weighted by atomic mass is 10.1. The van der Waals surface area contributed by atoms with E-state index >= 15 is 0 Å². The van der Waals surface area contributed by atoms with Gasteiger partial charge in [0.15, 0.2) is 5.82 Å². The number of nitrogens with zero attached hydrogens (tertiary/aromatic N) is 3. The van der Waals surface area contributed by atoms with Crippen LogP contribution >= 0.6 is 0 Å². The van der Waals surface area contributed by atoms with Crippen LogP contribution in [0.3, 0.4) is 0 Å². The summed E-state index contributed by atoms with van der Waals surface area (Å²) >= 11 is 0. The third-order valence-electron chi connectivity index (χ3n) is 3.48. The van der Waals surface area contributed by atoms with Crippen LogP contribution in [0.4, 0.5) is 10.2 Å². The highest BCUT2D eigenvalue weighted by molar-refractivity contribution is 5.89. The van der Waals surface area contributed by atoms with Crippen molar-refractivity contribution in [2.45, 2.75) is 13.5 Å². The molecule has 0 fully saturated rings. The van der Waals surface area contributed by atoms with E-state index < -0.39 is 11.8 Å². The van der Waals surface area contributed by atoms with Crippen LogP contribution in [0.15, 0.2) is 41.1 Å².